The molecule has 2 aromatic rings. The van der Waals surface area contributed by atoms with Gasteiger partial charge in [0.1, 0.15) is 5.75 Å². The van der Waals surface area contributed by atoms with Crippen molar-refractivity contribution in [3.63, 3.8) is 0 Å². The number of phenols is 1. The number of para-hydroxylation sites is 1. The van der Waals surface area contributed by atoms with E-state index in [9.17, 15) is 9.90 Å². The van der Waals surface area contributed by atoms with Gasteiger partial charge in [-0.2, -0.15) is 5.10 Å². The minimum atomic E-state index is -0.434. The quantitative estimate of drug-likeness (QED) is 0.668. The van der Waals surface area contributed by atoms with Crippen LogP contribution in [-0.2, 0) is 0 Å². The van der Waals surface area contributed by atoms with Crippen molar-refractivity contribution < 1.29 is 9.90 Å². The first-order valence-electron chi connectivity index (χ1n) is 7.22. The molecule has 0 radical (unpaired) electrons. The number of hydrogen-bond donors (Lipinski definition) is 2. The zero-order valence-corrected chi connectivity index (χ0v) is 13.0. The van der Waals surface area contributed by atoms with E-state index in [0.717, 1.165) is 5.56 Å². The van der Waals surface area contributed by atoms with E-state index < -0.39 is 5.91 Å². The second kappa shape index (κ2) is 6.89. The third-order valence-corrected chi connectivity index (χ3v) is 3.47. The Hall–Kier alpha value is -2.62. The molecule has 0 bridgehead atoms. The van der Waals surface area contributed by atoms with Gasteiger partial charge in [-0.05, 0) is 36.1 Å². The molecule has 0 atom stereocenters. The number of phenolic OH excluding ortho intramolecular Hbond substituents is 1. The molecule has 0 aliphatic carbocycles. The molecule has 0 unspecified atom stereocenters. The van der Waals surface area contributed by atoms with E-state index in [1.807, 2.05) is 19.1 Å². The van der Waals surface area contributed by atoms with Crippen LogP contribution in [0.1, 0.15) is 48.2 Å². The molecular formula is C18H20N2O2. The third kappa shape index (κ3) is 3.73. The topological polar surface area (TPSA) is 61.7 Å². The maximum absolute atomic E-state index is 12.0. The lowest BCUT2D eigenvalue weighted by Gasteiger charge is -2.07. The average Bonchev–Trinajstić information content (AvgIpc) is 2.52. The van der Waals surface area contributed by atoms with Gasteiger partial charge in [0.25, 0.3) is 5.91 Å². The molecule has 0 saturated carbocycles. The van der Waals surface area contributed by atoms with Gasteiger partial charge in [0.2, 0.25) is 0 Å². The molecule has 114 valence electrons. The average molecular weight is 296 g/mol. The monoisotopic (exact) mass is 296 g/mol. The maximum atomic E-state index is 12.0. The minimum absolute atomic E-state index is 0.0610. The van der Waals surface area contributed by atoms with Crippen LogP contribution in [-0.4, -0.2) is 16.7 Å². The van der Waals surface area contributed by atoms with Crippen LogP contribution in [0, 0.1) is 0 Å². The molecule has 4 heteroatoms. The highest BCUT2D eigenvalue weighted by Gasteiger charge is 2.09. The van der Waals surface area contributed by atoms with Crippen molar-refractivity contribution >= 4 is 11.6 Å². The highest BCUT2D eigenvalue weighted by molar-refractivity contribution is 6.01. The van der Waals surface area contributed by atoms with E-state index in [1.165, 1.54) is 11.6 Å². The van der Waals surface area contributed by atoms with Gasteiger partial charge in [-0.25, -0.2) is 5.43 Å². The Labute approximate surface area is 130 Å². The van der Waals surface area contributed by atoms with E-state index in [4.69, 9.17) is 0 Å². The van der Waals surface area contributed by atoms with Gasteiger partial charge < -0.3 is 5.11 Å². The normalized spacial score (nSPS) is 11.5. The van der Waals surface area contributed by atoms with Crippen molar-refractivity contribution in [3.8, 4) is 5.75 Å². The molecule has 0 saturated heterocycles. The van der Waals surface area contributed by atoms with E-state index in [2.05, 4.69) is 36.5 Å². The second-order valence-electron chi connectivity index (χ2n) is 5.43. The molecule has 0 fully saturated rings. The summed E-state index contributed by atoms with van der Waals surface area (Å²) in [7, 11) is 0. The van der Waals surface area contributed by atoms with Crippen molar-refractivity contribution in [3.05, 3.63) is 65.2 Å². The van der Waals surface area contributed by atoms with Crippen molar-refractivity contribution in [2.45, 2.75) is 26.7 Å². The van der Waals surface area contributed by atoms with Crippen molar-refractivity contribution in [2.24, 2.45) is 5.10 Å². The van der Waals surface area contributed by atoms with Crippen LogP contribution in [0.5, 0.6) is 5.75 Å². The zero-order valence-electron chi connectivity index (χ0n) is 13.0. The van der Waals surface area contributed by atoms with Crippen molar-refractivity contribution in [2.75, 3.05) is 0 Å². The lowest BCUT2D eigenvalue weighted by molar-refractivity contribution is 0.0952. The van der Waals surface area contributed by atoms with E-state index in [-0.39, 0.29) is 11.3 Å². The Morgan fingerprint density at radius 2 is 1.73 bits per heavy atom. The van der Waals surface area contributed by atoms with Crippen LogP contribution in [0.2, 0.25) is 0 Å². The third-order valence-electron chi connectivity index (χ3n) is 3.47. The van der Waals surface area contributed by atoms with E-state index in [0.29, 0.717) is 11.6 Å². The Morgan fingerprint density at radius 3 is 2.32 bits per heavy atom. The predicted molar refractivity (Wildman–Crippen MR) is 88.3 cm³/mol. The predicted octanol–water partition coefficient (Wildman–Crippen LogP) is 3.67. The fraction of sp³-hybridized carbons (Fsp3) is 0.222. The number of carbonyl (C=O) groups excluding carboxylic acids is 1. The van der Waals surface area contributed by atoms with Gasteiger partial charge >= 0.3 is 0 Å². The van der Waals surface area contributed by atoms with Crippen molar-refractivity contribution in [1.82, 2.24) is 5.43 Å². The fourth-order valence-corrected chi connectivity index (χ4v) is 2.03. The summed E-state index contributed by atoms with van der Waals surface area (Å²) in [4.78, 5) is 12.0. The second-order valence-corrected chi connectivity index (χ2v) is 5.43. The Morgan fingerprint density at radius 1 is 1.09 bits per heavy atom. The molecule has 0 spiro atoms. The summed E-state index contributed by atoms with van der Waals surface area (Å²) in [6.07, 6.45) is 0. The first kappa shape index (κ1) is 15.8. The number of nitrogens with one attached hydrogen (secondary N) is 1. The Balaban J connectivity index is 2.09. The lowest BCUT2D eigenvalue weighted by Crippen LogP contribution is -2.19. The van der Waals surface area contributed by atoms with Crippen molar-refractivity contribution in [1.29, 1.82) is 0 Å². The van der Waals surface area contributed by atoms with E-state index >= 15 is 0 Å². The molecule has 1 amide bonds. The number of nitrogens with zero attached hydrogens (tertiary/aromatic N) is 1. The summed E-state index contributed by atoms with van der Waals surface area (Å²) in [5.41, 5.74) is 5.58. The zero-order chi connectivity index (χ0) is 16.1. The molecule has 0 heterocycles. The van der Waals surface area contributed by atoms with Crippen LogP contribution in [0.3, 0.4) is 0 Å². The molecule has 0 aromatic heterocycles. The highest BCUT2D eigenvalue weighted by atomic mass is 16.3. The number of benzene rings is 2. The first-order chi connectivity index (χ1) is 10.5. The number of hydrazone groups is 1. The molecule has 2 rings (SSSR count). The molecule has 2 N–H and O–H groups in total. The fourth-order valence-electron chi connectivity index (χ4n) is 2.03. The van der Waals surface area contributed by atoms with Gasteiger partial charge in [-0.15, -0.1) is 0 Å². The Bertz CT molecular complexity index is 688. The molecule has 2 aromatic carbocycles. The van der Waals surface area contributed by atoms with Crippen LogP contribution < -0.4 is 5.43 Å². The van der Waals surface area contributed by atoms with Crippen LogP contribution in [0.25, 0.3) is 0 Å². The van der Waals surface area contributed by atoms with Crippen LogP contribution in [0.4, 0.5) is 0 Å². The summed E-state index contributed by atoms with van der Waals surface area (Å²) < 4.78 is 0. The first-order valence-corrected chi connectivity index (χ1v) is 7.22. The molecule has 0 aliphatic rings. The standard InChI is InChI=1S/C18H20N2O2/c1-12(2)14-8-10-15(11-9-14)13(3)19-20-18(22)16-6-4-5-7-17(16)21/h4-12,21H,1-3H3,(H,20,22)/b19-13+. The van der Waals surface area contributed by atoms with Crippen LogP contribution >= 0.6 is 0 Å². The molecular weight excluding hydrogens is 276 g/mol. The summed E-state index contributed by atoms with van der Waals surface area (Å²) >= 11 is 0. The number of carbonyl (C=O) groups is 1. The van der Waals surface area contributed by atoms with Gasteiger partial charge in [-0.3, -0.25) is 4.79 Å². The lowest BCUT2D eigenvalue weighted by atomic mass is 10.0. The van der Waals surface area contributed by atoms with Gasteiger partial charge in [0.15, 0.2) is 0 Å². The smallest absolute Gasteiger partial charge is 0.275 e. The van der Waals surface area contributed by atoms with Gasteiger partial charge in [0.05, 0.1) is 11.3 Å². The SMILES string of the molecule is C/C(=N\NC(=O)c1ccccc1O)c1ccc(C(C)C)cc1. The summed E-state index contributed by atoms with van der Waals surface area (Å²) in [6.45, 7) is 6.11. The van der Waals surface area contributed by atoms with E-state index in [1.54, 1.807) is 18.2 Å². The van der Waals surface area contributed by atoms with Gasteiger partial charge in [-0.1, -0.05) is 50.2 Å². The number of rotatable bonds is 4. The summed E-state index contributed by atoms with van der Waals surface area (Å²) in [5, 5.41) is 13.7. The Kier molecular flexibility index (Phi) is 4.94. The largest absolute Gasteiger partial charge is 0.507 e. The number of amides is 1. The van der Waals surface area contributed by atoms with Crippen LogP contribution in [0.15, 0.2) is 53.6 Å². The van der Waals surface area contributed by atoms with Gasteiger partial charge in [0, 0.05) is 0 Å². The summed E-state index contributed by atoms with van der Waals surface area (Å²) in [6, 6.07) is 14.5. The summed E-state index contributed by atoms with van der Waals surface area (Å²) in [5.74, 6) is -0.0163. The minimum Gasteiger partial charge on any atom is -0.507 e. The maximum Gasteiger partial charge on any atom is 0.275 e. The number of hydrogen-bond acceptors (Lipinski definition) is 3. The molecule has 22 heavy (non-hydrogen) atoms. The highest BCUT2D eigenvalue weighted by Crippen LogP contribution is 2.16. The number of aromatic hydroxyl groups is 1. The molecule has 4 nitrogen and oxygen atoms in total. The molecule has 0 aliphatic heterocycles.